The molecule has 3 rings (SSSR count). The molecule has 1 fully saturated rings. The highest BCUT2D eigenvalue weighted by molar-refractivity contribution is 7.13. The molecule has 0 radical (unpaired) electrons. The van der Waals surface area contributed by atoms with E-state index in [1.807, 2.05) is 64.4 Å². The van der Waals surface area contributed by atoms with Gasteiger partial charge >= 0.3 is 6.09 Å². The van der Waals surface area contributed by atoms with Gasteiger partial charge in [0.25, 0.3) is 0 Å². The lowest BCUT2D eigenvalue weighted by Crippen LogP contribution is -2.57. The molecular weight excluding hydrogens is 618 g/mol. The molecule has 1 aromatic carbocycles. The Bertz CT molecular complexity index is 1320. The van der Waals surface area contributed by atoms with E-state index in [4.69, 9.17) is 10.5 Å². The van der Waals surface area contributed by atoms with Crippen LogP contribution in [0.4, 0.5) is 4.79 Å². The van der Waals surface area contributed by atoms with E-state index in [0.29, 0.717) is 13.0 Å². The third-order valence-corrected chi connectivity index (χ3v) is 9.58. The van der Waals surface area contributed by atoms with Gasteiger partial charge in [0.15, 0.2) is 0 Å². The van der Waals surface area contributed by atoms with E-state index in [1.165, 1.54) is 4.90 Å². The molecule has 1 aromatic heterocycles. The number of nitrogens with zero attached hydrogens (tertiary/aromatic N) is 2. The molecule has 5 N–H and O–H groups in total. The number of nitrogens with one attached hydrogen (secondary N) is 2. The molecule has 2 aromatic rings. The summed E-state index contributed by atoms with van der Waals surface area (Å²) in [5.74, 6) is -0.887. The lowest BCUT2D eigenvalue weighted by Gasteiger charge is -2.35. The van der Waals surface area contributed by atoms with Gasteiger partial charge in [0.05, 0.1) is 34.8 Å². The monoisotopic (exact) mass is 671 g/mol. The number of carbonyl (C=O) groups is 4. The summed E-state index contributed by atoms with van der Waals surface area (Å²) in [5, 5.41) is 16.5. The van der Waals surface area contributed by atoms with Gasteiger partial charge in [-0.3, -0.25) is 14.4 Å². The van der Waals surface area contributed by atoms with Crippen molar-refractivity contribution in [3.8, 4) is 10.4 Å². The predicted molar refractivity (Wildman–Crippen MR) is 183 cm³/mol. The van der Waals surface area contributed by atoms with Crippen LogP contribution in [0.25, 0.3) is 10.4 Å². The van der Waals surface area contributed by atoms with Gasteiger partial charge in [0.1, 0.15) is 12.1 Å². The Kier molecular flexibility index (Phi) is 14.6. The number of rotatable bonds is 17. The maximum absolute atomic E-state index is 13.9. The number of benzene rings is 1. The van der Waals surface area contributed by atoms with Gasteiger partial charge in [-0.25, -0.2) is 9.78 Å². The summed E-state index contributed by atoms with van der Waals surface area (Å²) in [6.07, 6.45) is 6.54. The fourth-order valence-electron chi connectivity index (χ4n) is 5.87. The van der Waals surface area contributed by atoms with E-state index in [2.05, 4.69) is 15.6 Å². The Morgan fingerprint density at radius 1 is 1.02 bits per heavy atom. The lowest BCUT2D eigenvalue weighted by molar-refractivity contribution is -0.144. The van der Waals surface area contributed by atoms with E-state index in [1.54, 1.807) is 11.3 Å². The van der Waals surface area contributed by atoms with Crippen LogP contribution in [-0.2, 0) is 19.1 Å². The number of β-amino-alcohol motifs (C(OH)–C–C–N with tert-alkyl or cyclic N) is 1. The second-order valence-electron chi connectivity index (χ2n) is 13.6. The zero-order valence-electron chi connectivity index (χ0n) is 28.5. The van der Waals surface area contributed by atoms with Crippen molar-refractivity contribution >= 4 is 35.2 Å². The van der Waals surface area contributed by atoms with Crippen LogP contribution in [-0.4, -0.2) is 70.1 Å². The molecular formula is C35H53N5O6S. The van der Waals surface area contributed by atoms with Crippen LogP contribution in [0.5, 0.6) is 0 Å². The molecule has 11 nitrogen and oxygen atoms in total. The van der Waals surface area contributed by atoms with Crippen LogP contribution in [0.15, 0.2) is 29.8 Å². The standard InChI is InChI=1S/C35H53N5O6S/c1-23(25-15-17-26(18-16-25)30-24(2)37-22-47-30)38-32(43)28-20-27(41)21-40(28)33(44)31(35(3,4)5)39-29(42)14-12-10-8-6-7-9-11-13-19-46-34(36)45/h15-18,22-23,27-28,31,41H,6-14,19-21H2,1-5H3,(H2,36,45)(H,38,43)(H,39,42)/t23-,27+,28-,31+/m0/s1. The molecule has 2 heterocycles. The number of aliphatic hydroxyl groups is 1. The van der Waals surface area contributed by atoms with Crippen molar-refractivity contribution < 1.29 is 29.0 Å². The van der Waals surface area contributed by atoms with Gasteiger partial charge in [0, 0.05) is 19.4 Å². The van der Waals surface area contributed by atoms with E-state index in [9.17, 15) is 24.3 Å². The predicted octanol–water partition coefficient (Wildman–Crippen LogP) is 5.39. The van der Waals surface area contributed by atoms with Crippen LogP contribution < -0.4 is 16.4 Å². The SMILES string of the molecule is Cc1ncsc1-c1ccc([C@H](C)NC(=O)[C@@H]2C[C@@H](O)CN2C(=O)[C@@H](NC(=O)CCCCCCCCCCOC(N)=O)C(C)(C)C)cc1. The first-order valence-electron chi connectivity index (χ1n) is 16.8. The number of aliphatic hydroxyl groups excluding tert-OH is 1. The summed E-state index contributed by atoms with van der Waals surface area (Å²) in [7, 11) is 0. The number of thiazole rings is 1. The number of carbonyl (C=O) groups excluding carboxylic acids is 4. The fourth-order valence-corrected chi connectivity index (χ4v) is 6.68. The highest BCUT2D eigenvalue weighted by atomic mass is 32.1. The lowest BCUT2D eigenvalue weighted by atomic mass is 9.85. The summed E-state index contributed by atoms with van der Waals surface area (Å²) < 4.78 is 4.73. The van der Waals surface area contributed by atoms with Crippen molar-refractivity contribution in [2.45, 2.75) is 123 Å². The topological polar surface area (TPSA) is 164 Å². The number of unbranched alkanes of at least 4 members (excludes halogenated alkanes) is 7. The number of likely N-dealkylation sites (tertiary alicyclic amines) is 1. The molecule has 0 saturated carbocycles. The van der Waals surface area contributed by atoms with Crippen LogP contribution in [0.1, 0.15) is 109 Å². The number of aryl methyl sites for hydroxylation is 1. The van der Waals surface area contributed by atoms with Crippen molar-refractivity contribution in [1.29, 1.82) is 0 Å². The van der Waals surface area contributed by atoms with Crippen LogP contribution in [0.2, 0.25) is 0 Å². The third kappa shape index (κ3) is 11.9. The molecule has 12 heteroatoms. The normalized spacial score (nSPS) is 17.6. The minimum Gasteiger partial charge on any atom is -0.450 e. The first-order valence-corrected chi connectivity index (χ1v) is 17.7. The Labute approximate surface area is 283 Å². The summed E-state index contributed by atoms with van der Waals surface area (Å²) in [6.45, 7) is 9.92. The summed E-state index contributed by atoms with van der Waals surface area (Å²) in [6, 6.07) is 5.99. The van der Waals surface area contributed by atoms with E-state index in [-0.39, 0.29) is 36.7 Å². The fraction of sp³-hybridized carbons (Fsp3) is 0.629. The molecule has 0 unspecified atom stereocenters. The highest BCUT2D eigenvalue weighted by Gasteiger charge is 2.44. The second-order valence-corrected chi connectivity index (χ2v) is 14.5. The van der Waals surface area contributed by atoms with Gasteiger partial charge in [-0.2, -0.15) is 0 Å². The van der Waals surface area contributed by atoms with E-state index < -0.39 is 29.7 Å². The first-order chi connectivity index (χ1) is 22.3. The van der Waals surface area contributed by atoms with Gasteiger partial charge in [-0.1, -0.05) is 83.6 Å². The number of hydrogen-bond donors (Lipinski definition) is 4. The number of aromatic nitrogens is 1. The van der Waals surface area contributed by atoms with Gasteiger partial charge < -0.3 is 31.1 Å². The summed E-state index contributed by atoms with van der Waals surface area (Å²) in [5.41, 5.74) is 9.13. The molecule has 0 aliphatic carbocycles. The Morgan fingerprint density at radius 2 is 1.64 bits per heavy atom. The molecule has 0 spiro atoms. The van der Waals surface area contributed by atoms with Crippen LogP contribution >= 0.6 is 11.3 Å². The average molecular weight is 672 g/mol. The molecule has 47 heavy (non-hydrogen) atoms. The zero-order chi connectivity index (χ0) is 34.6. The number of primary amides is 1. The first kappa shape index (κ1) is 37.9. The number of amides is 4. The number of hydrogen-bond acceptors (Lipinski definition) is 8. The van der Waals surface area contributed by atoms with Gasteiger partial charge in [-0.05, 0) is 43.2 Å². The van der Waals surface area contributed by atoms with Crippen molar-refractivity contribution in [3.05, 3.63) is 41.0 Å². The molecule has 4 atom stereocenters. The third-order valence-electron chi connectivity index (χ3n) is 8.60. The summed E-state index contributed by atoms with van der Waals surface area (Å²) in [4.78, 5) is 57.7. The van der Waals surface area contributed by atoms with Crippen LogP contribution in [0.3, 0.4) is 0 Å². The minimum absolute atomic E-state index is 0.0365. The molecule has 260 valence electrons. The minimum atomic E-state index is -0.839. The quantitative estimate of drug-likeness (QED) is 0.164. The number of ether oxygens (including phenoxy) is 1. The molecule has 1 saturated heterocycles. The van der Waals surface area contributed by atoms with Gasteiger partial charge in [0.2, 0.25) is 17.7 Å². The van der Waals surface area contributed by atoms with Crippen LogP contribution in [0, 0.1) is 12.3 Å². The molecule has 1 aliphatic rings. The van der Waals surface area contributed by atoms with Crippen molar-refractivity contribution in [2.24, 2.45) is 11.1 Å². The van der Waals surface area contributed by atoms with E-state index in [0.717, 1.165) is 73.1 Å². The zero-order valence-corrected chi connectivity index (χ0v) is 29.4. The van der Waals surface area contributed by atoms with Crippen molar-refractivity contribution in [3.63, 3.8) is 0 Å². The average Bonchev–Trinajstić information content (AvgIpc) is 3.62. The van der Waals surface area contributed by atoms with E-state index >= 15 is 0 Å². The Hall–Kier alpha value is -3.51. The molecule has 0 bridgehead atoms. The molecule has 4 amide bonds. The van der Waals surface area contributed by atoms with Crippen molar-refractivity contribution in [2.75, 3.05) is 13.2 Å². The highest BCUT2D eigenvalue weighted by Crippen LogP contribution is 2.29. The Balaban J connectivity index is 1.49. The molecule has 1 aliphatic heterocycles. The largest absolute Gasteiger partial charge is 0.450 e. The maximum atomic E-state index is 13.9. The second kappa shape index (κ2) is 18.1. The Morgan fingerprint density at radius 3 is 2.21 bits per heavy atom. The smallest absolute Gasteiger partial charge is 0.404 e. The number of nitrogens with two attached hydrogens (primary N) is 1. The van der Waals surface area contributed by atoms with Crippen molar-refractivity contribution in [1.82, 2.24) is 20.5 Å². The maximum Gasteiger partial charge on any atom is 0.404 e. The van der Waals surface area contributed by atoms with Gasteiger partial charge in [-0.15, -0.1) is 11.3 Å². The summed E-state index contributed by atoms with van der Waals surface area (Å²) >= 11 is 1.58.